The third-order valence-electron chi connectivity index (χ3n) is 5.11. The number of carbonyl (C=O) groups is 2. The van der Waals surface area contributed by atoms with E-state index in [-0.39, 0.29) is 28.9 Å². The zero-order chi connectivity index (χ0) is 19.4. The Morgan fingerprint density at radius 3 is 2.12 bits per heavy atom. The van der Waals surface area contributed by atoms with Gasteiger partial charge in [-0.05, 0) is 73.3 Å². The van der Waals surface area contributed by atoms with E-state index < -0.39 is 0 Å². The maximum Gasteiger partial charge on any atom is 0.221 e. The highest BCUT2D eigenvalue weighted by Crippen LogP contribution is 2.23. The van der Waals surface area contributed by atoms with Gasteiger partial charge in [0.25, 0.3) is 0 Å². The molecule has 0 aromatic heterocycles. The molecule has 0 spiro atoms. The molecular formula is C20H38N4O2. The number of hydrogen-bond acceptors (Lipinski definition) is 4. The van der Waals surface area contributed by atoms with Crippen LogP contribution in [-0.4, -0.2) is 47.6 Å². The van der Waals surface area contributed by atoms with E-state index in [9.17, 15) is 9.59 Å². The summed E-state index contributed by atoms with van der Waals surface area (Å²) in [6, 6.07) is 0.917. The molecule has 2 aliphatic rings. The number of carbonyl (C=O) groups excluding carboxylic acids is 2. The summed E-state index contributed by atoms with van der Waals surface area (Å²) in [5.74, 6) is 0.237. The van der Waals surface area contributed by atoms with Crippen LogP contribution in [0.4, 0.5) is 0 Å². The van der Waals surface area contributed by atoms with Gasteiger partial charge in [0.05, 0.1) is 0 Å². The van der Waals surface area contributed by atoms with Gasteiger partial charge in [0.2, 0.25) is 11.8 Å². The quantitative estimate of drug-likeness (QED) is 0.554. The number of hydrogen-bond donors (Lipinski definition) is 4. The fraction of sp³-hybridized carbons (Fsp3) is 0.900. The van der Waals surface area contributed by atoms with Gasteiger partial charge in [-0.15, -0.1) is 0 Å². The molecule has 2 heterocycles. The topological polar surface area (TPSA) is 82.3 Å². The molecule has 6 heteroatoms. The van der Waals surface area contributed by atoms with Crippen LogP contribution in [0.25, 0.3) is 0 Å². The van der Waals surface area contributed by atoms with Gasteiger partial charge in [0.1, 0.15) is 0 Å². The summed E-state index contributed by atoms with van der Waals surface area (Å²) in [5.41, 5.74) is -0.425. The van der Waals surface area contributed by atoms with Crippen LogP contribution in [-0.2, 0) is 9.59 Å². The molecular weight excluding hydrogens is 328 g/mol. The molecule has 0 aliphatic carbocycles. The van der Waals surface area contributed by atoms with Crippen molar-refractivity contribution in [3.63, 3.8) is 0 Å². The van der Waals surface area contributed by atoms with Crippen LogP contribution in [0.1, 0.15) is 79.6 Å². The first-order valence-corrected chi connectivity index (χ1v) is 10.1. The van der Waals surface area contributed by atoms with E-state index in [0.717, 1.165) is 38.6 Å². The number of amides is 2. The van der Waals surface area contributed by atoms with Crippen LogP contribution in [0, 0.1) is 0 Å². The lowest BCUT2D eigenvalue weighted by molar-refractivity contribution is -0.123. The minimum atomic E-state index is -0.240. The van der Waals surface area contributed by atoms with Crippen molar-refractivity contribution < 1.29 is 9.59 Å². The lowest BCUT2D eigenvalue weighted by Gasteiger charge is -2.30. The molecule has 150 valence electrons. The highest BCUT2D eigenvalue weighted by Gasteiger charge is 2.32. The van der Waals surface area contributed by atoms with Crippen molar-refractivity contribution in [1.29, 1.82) is 0 Å². The molecule has 0 radical (unpaired) electrons. The Kier molecular flexibility index (Phi) is 7.08. The molecule has 2 saturated heterocycles. The highest BCUT2D eigenvalue weighted by atomic mass is 16.2. The largest absolute Gasteiger partial charge is 0.351 e. The Labute approximate surface area is 158 Å². The zero-order valence-corrected chi connectivity index (χ0v) is 17.2. The molecule has 2 rings (SSSR count). The second-order valence-electron chi connectivity index (χ2n) is 9.77. The summed E-state index contributed by atoms with van der Waals surface area (Å²) < 4.78 is 0. The average Bonchev–Trinajstić information content (AvgIpc) is 3.07. The molecule has 4 N–H and O–H groups in total. The van der Waals surface area contributed by atoms with E-state index in [1.165, 1.54) is 0 Å². The second kappa shape index (κ2) is 8.70. The summed E-state index contributed by atoms with van der Waals surface area (Å²) in [6.07, 6.45) is 6.29. The van der Waals surface area contributed by atoms with Crippen LogP contribution in [0.5, 0.6) is 0 Å². The summed E-state index contributed by atoms with van der Waals surface area (Å²) in [4.78, 5) is 24.4. The summed E-state index contributed by atoms with van der Waals surface area (Å²) in [5, 5.41) is 13.2. The van der Waals surface area contributed by atoms with E-state index in [2.05, 4.69) is 35.1 Å². The Hall–Kier alpha value is -1.14. The molecule has 0 aromatic carbocycles. The van der Waals surface area contributed by atoms with Gasteiger partial charge in [-0.3, -0.25) is 9.59 Å². The smallest absolute Gasteiger partial charge is 0.221 e. The standard InChI is InChI=1S/C20H38N4O2/c1-19(2,3)23-17(25)12-15-8-9-16(22-15)13-20(4,5)24-18(26)11-14-7-6-10-21-14/h14-16,21-22H,6-13H2,1-5H3,(H,23,25)(H,24,26)/t14?,15-,16?/m0/s1. The van der Waals surface area contributed by atoms with Gasteiger partial charge in [-0.1, -0.05) is 0 Å². The van der Waals surface area contributed by atoms with Crippen LogP contribution in [0.15, 0.2) is 0 Å². The Morgan fingerprint density at radius 1 is 0.885 bits per heavy atom. The van der Waals surface area contributed by atoms with Crippen LogP contribution in [0.3, 0.4) is 0 Å². The number of rotatable bonds is 7. The van der Waals surface area contributed by atoms with Crippen molar-refractivity contribution in [1.82, 2.24) is 21.3 Å². The average molecular weight is 367 g/mol. The summed E-state index contributed by atoms with van der Waals surface area (Å²) >= 11 is 0. The third-order valence-corrected chi connectivity index (χ3v) is 5.11. The first-order chi connectivity index (χ1) is 12.0. The molecule has 26 heavy (non-hydrogen) atoms. The fourth-order valence-corrected chi connectivity index (χ4v) is 4.17. The Morgan fingerprint density at radius 2 is 1.50 bits per heavy atom. The van der Waals surface area contributed by atoms with E-state index in [4.69, 9.17) is 0 Å². The maximum atomic E-state index is 12.3. The lowest BCUT2D eigenvalue weighted by Crippen LogP contribution is -2.49. The molecule has 0 saturated carbocycles. The first kappa shape index (κ1) is 21.2. The van der Waals surface area contributed by atoms with Gasteiger partial charge in [-0.25, -0.2) is 0 Å². The van der Waals surface area contributed by atoms with E-state index in [1.807, 2.05) is 20.8 Å². The van der Waals surface area contributed by atoms with E-state index in [1.54, 1.807) is 0 Å². The van der Waals surface area contributed by atoms with Gasteiger partial charge in [-0.2, -0.15) is 0 Å². The van der Waals surface area contributed by atoms with E-state index >= 15 is 0 Å². The Balaban J connectivity index is 1.72. The zero-order valence-electron chi connectivity index (χ0n) is 17.2. The van der Waals surface area contributed by atoms with Crippen molar-refractivity contribution in [2.75, 3.05) is 6.54 Å². The van der Waals surface area contributed by atoms with Crippen molar-refractivity contribution in [3.8, 4) is 0 Å². The predicted molar refractivity (Wildman–Crippen MR) is 105 cm³/mol. The van der Waals surface area contributed by atoms with Crippen molar-refractivity contribution in [3.05, 3.63) is 0 Å². The lowest BCUT2D eigenvalue weighted by atomic mass is 9.94. The minimum Gasteiger partial charge on any atom is -0.351 e. The minimum absolute atomic E-state index is 0.104. The first-order valence-electron chi connectivity index (χ1n) is 10.1. The summed E-state index contributed by atoms with van der Waals surface area (Å²) in [6.45, 7) is 11.2. The second-order valence-corrected chi connectivity index (χ2v) is 9.77. The summed E-state index contributed by atoms with van der Waals surface area (Å²) in [7, 11) is 0. The molecule has 3 atom stereocenters. The Bertz CT molecular complexity index is 493. The monoisotopic (exact) mass is 366 g/mol. The van der Waals surface area contributed by atoms with Gasteiger partial charge >= 0.3 is 0 Å². The molecule has 2 aliphatic heterocycles. The molecule has 6 nitrogen and oxygen atoms in total. The molecule has 2 unspecified atom stereocenters. The maximum absolute atomic E-state index is 12.3. The SMILES string of the molecule is CC(C)(C)NC(=O)C[C@@H]1CCC(CC(C)(C)NC(=O)CC2CCCN2)N1. The fourth-order valence-electron chi connectivity index (χ4n) is 4.17. The third kappa shape index (κ3) is 7.62. The van der Waals surface area contributed by atoms with Crippen molar-refractivity contribution in [2.45, 2.75) is 109 Å². The molecule has 0 aromatic rings. The predicted octanol–water partition coefficient (Wildman–Crippen LogP) is 1.84. The van der Waals surface area contributed by atoms with Gasteiger partial charge < -0.3 is 21.3 Å². The molecule has 2 fully saturated rings. The van der Waals surface area contributed by atoms with Crippen LogP contribution < -0.4 is 21.3 Å². The molecule has 2 amide bonds. The highest BCUT2D eigenvalue weighted by molar-refractivity contribution is 5.77. The van der Waals surface area contributed by atoms with E-state index in [0.29, 0.717) is 24.9 Å². The van der Waals surface area contributed by atoms with Crippen LogP contribution in [0.2, 0.25) is 0 Å². The normalized spacial score (nSPS) is 26.7. The number of nitrogens with one attached hydrogen (secondary N) is 4. The van der Waals surface area contributed by atoms with Crippen molar-refractivity contribution in [2.24, 2.45) is 0 Å². The molecule has 0 bridgehead atoms. The van der Waals surface area contributed by atoms with Gasteiger partial charge in [0, 0.05) is 42.0 Å². The van der Waals surface area contributed by atoms with Gasteiger partial charge in [0.15, 0.2) is 0 Å². The van der Waals surface area contributed by atoms with Crippen LogP contribution >= 0.6 is 0 Å². The van der Waals surface area contributed by atoms with Crippen molar-refractivity contribution >= 4 is 11.8 Å².